The molecule has 4 rings (SSSR count). The molecule has 8 nitrogen and oxygen atoms in total. The van der Waals surface area contributed by atoms with Gasteiger partial charge in [0.15, 0.2) is 17.8 Å². The number of halogens is 6. The molecule has 0 amide bonds. The first-order chi connectivity index (χ1) is 17.3. The minimum atomic E-state index is -4.95. The minimum Gasteiger partial charge on any atom is -0.385 e. The molecule has 0 spiro atoms. The van der Waals surface area contributed by atoms with Crippen LogP contribution in [-0.4, -0.2) is 46.4 Å². The van der Waals surface area contributed by atoms with Crippen molar-refractivity contribution in [2.75, 3.05) is 0 Å². The van der Waals surface area contributed by atoms with Gasteiger partial charge in [0.1, 0.15) is 11.9 Å². The van der Waals surface area contributed by atoms with E-state index in [9.17, 15) is 32.6 Å². The van der Waals surface area contributed by atoms with Crippen LogP contribution in [-0.2, 0) is 13.1 Å². The summed E-state index contributed by atoms with van der Waals surface area (Å²) in [4.78, 5) is 17.4. The lowest BCUT2D eigenvalue weighted by Crippen LogP contribution is -2.37. The fourth-order valence-corrected chi connectivity index (χ4v) is 3.96. The average molecular weight is 560 g/mol. The monoisotopic (exact) mass is 559 g/mol. The summed E-state index contributed by atoms with van der Waals surface area (Å²) < 4.78 is 56.1. The first-order valence-electron chi connectivity index (χ1n) is 10.7. The maximum atomic E-state index is 13.9. The zero-order valence-corrected chi connectivity index (χ0v) is 20.5. The number of aliphatic hydroxyl groups is 2. The van der Waals surface area contributed by atoms with Crippen LogP contribution in [0.4, 0.5) is 17.6 Å². The van der Waals surface area contributed by atoms with Crippen LogP contribution in [0.3, 0.4) is 0 Å². The van der Waals surface area contributed by atoms with Gasteiger partial charge in [0.2, 0.25) is 0 Å². The molecule has 2 aromatic heterocycles. The van der Waals surface area contributed by atoms with E-state index < -0.39 is 36.4 Å². The van der Waals surface area contributed by atoms with E-state index in [1.54, 1.807) is 0 Å². The van der Waals surface area contributed by atoms with E-state index in [-0.39, 0.29) is 34.6 Å². The molecule has 0 saturated heterocycles. The van der Waals surface area contributed by atoms with Gasteiger partial charge < -0.3 is 10.2 Å². The largest absolute Gasteiger partial charge is 0.416 e. The van der Waals surface area contributed by atoms with E-state index in [2.05, 4.69) is 10.1 Å². The highest BCUT2D eigenvalue weighted by Gasteiger charge is 2.39. The van der Waals surface area contributed by atoms with E-state index in [0.29, 0.717) is 10.6 Å². The lowest BCUT2D eigenvalue weighted by atomic mass is 10.1. The van der Waals surface area contributed by atoms with Crippen molar-refractivity contribution in [2.45, 2.75) is 38.4 Å². The number of imidazole rings is 1. The van der Waals surface area contributed by atoms with E-state index >= 15 is 0 Å². The fraction of sp³-hybridized carbons (Fsp3) is 0.261. The molecule has 0 aliphatic heterocycles. The highest BCUT2D eigenvalue weighted by atomic mass is 35.5. The van der Waals surface area contributed by atoms with Crippen LogP contribution in [0.15, 0.2) is 53.5 Å². The van der Waals surface area contributed by atoms with E-state index in [4.69, 9.17) is 23.2 Å². The van der Waals surface area contributed by atoms with Gasteiger partial charge in [-0.1, -0.05) is 35.3 Å². The summed E-state index contributed by atoms with van der Waals surface area (Å²) >= 11 is 12.1. The topological polar surface area (TPSA) is 98.1 Å². The van der Waals surface area contributed by atoms with Crippen LogP contribution >= 0.6 is 23.2 Å². The Hall–Kier alpha value is -3.19. The smallest absolute Gasteiger partial charge is 0.385 e. The van der Waals surface area contributed by atoms with Gasteiger partial charge in [0, 0.05) is 17.3 Å². The first kappa shape index (κ1) is 26.9. The van der Waals surface area contributed by atoms with Crippen molar-refractivity contribution in [3.63, 3.8) is 0 Å². The van der Waals surface area contributed by atoms with Gasteiger partial charge >= 0.3 is 11.9 Å². The highest BCUT2D eigenvalue weighted by Crippen LogP contribution is 2.27. The summed E-state index contributed by atoms with van der Waals surface area (Å²) in [7, 11) is 0. The number of alkyl halides is 3. The molecule has 14 heteroatoms. The normalized spacial score (nSPS) is 13.6. The third-order valence-corrected chi connectivity index (χ3v) is 5.99. The van der Waals surface area contributed by atoms with Crippen molar-refractivity contribution in [1.82, 2.24) is 23.9 Å². The van der Waals surface area contributed by atoms with Crippen LogP contribution < -0.4 is 5.69 Å². The Kier molecular flexibility index (Phi) is 7.47. The van der Waals surface area contributed by atoms with Crippen molar-refractivity contribution < 1.29 is 27.8 Å². The Morgan fingerprint density at radius 1 is 1.08 bits per heavy atom. The number of nitrogens with zero attached hydrogens (tertiary/aromatic N) is 5. The molecule has 0 bridgehead atoms. The number of aromatic nitrogens is 5. The standard InChI is InChI=1S/C23H19Cl2F4N5O3/c1-12(35)21-30-20(31-34(21)17-8-15(26)6-7-16(17)25)11-32-9-18(13-2-4-14(24)5-3-13)33(22(32)37)10-19(36)23(27,28)29/h2-9,12,19,35-36H,10-11H2,1H3/t12-,19?/m0/s1. The molecule has 2 aromatic carbocycles. The molecular weight excluding hydrogens is 541 g/mol. The second-order valence-corrected chi connectivity index (χ2v) is 9.01. The van der Waals surface area contributed by atoms with Gasteiger partial charge in [-0.2, -0.15) is 13.2 Å². The molecule has 0 aliphatic carbocycles. The molecule has 0 aliphatic rings. The molecule has 2 N–H and O–H groups in total. The SMILES string of the molecule is C[C@H](O)c1nc(Cn2cc(-c3ccc(Cl)cc3)n(CC(O)C(F)(F)F)c2=O)nn1-c1cc(F)ccc1Cl. The maximum absolute atomic E-state index is 13.9. The number of hydrogen-bond donors (Lipinski definition) is 2. The molecule has 2 atom stereocenters. The Morgan fingerprint density at radius 3 is 2.38 bits per heavy atom. The molecule has 0 saturated carbocycles. The molecule has 1 unspecified atom stereocenters. The summed E-state index contributed by atoms with van der Waals surface area (Å²) in [6.07, 6.45) is -7.60. The molecule has 2 heterocycles. The van der Waals surface area contributed by atoms with Crippen LogP contribution in [0.25, 0.3) is 16.9 Å². The fourth-order valence-electron chi connectivity index (χ4n) is 3.63. The molecule has 4 aromatic rings. The molecule has 37 heavy (non-hydrogen) atoms. The van der Waals surface area contributed by atoms with Gasteiger partial charge in [0.05, 0.1) is 29.5 Å². The van der Waals surface area contributed by atoms with Crippen LogP contribution in [0.5, 0.6) is 0 Å². The summed E-state index contributed by atoms with van der Waals surface area (Å²) in [5.74, 6) is -0.618. The Bertz CT molecular complexity index is 1480. The zero-order valence-electron chi connectivity index (χ0n) is 19.0. The molecule has 0 fully saturated rings. The van der Waals surface area contributed by atoms with Gasteiger partial charge in [-0.3, -0.25) is 9.13 Å². The van der Waals surface area contributed by atoms with Gasteiger partial charge in [-0.15, -0.1) is 5.10 Å². The number of rotatable bonds is 7. The predicted octanol–water partition coefficient (Wildman–Crippen LogP) is 4.37. The number of aliphatic hydroxyl groups excluding tert-OH is 2. The van der Waals surface area contributed by atoms with Crippen molar-refractivity contribution in [1.29, 1.82) is 0 Å². The second kappa shape index (κ2) is 10.3. The summed E-state index contributed by atoms with van der Waals surface area (Å²) in [6.45, 7) is 0.0402. The van der Waals surface area contributed by atoms with Crippen molar-refractivity contribution in [3.8, 4) is 16.9 Å². The quantitative estimate of drug-likeness (QED) is 0.328. The maximum Gasteiger partial charge on any atom is 0.416 e. The lowest BCUT2D eigenvalue weighted by Gasteiger charge is -2.16. The summed E-state index contributed by atoms with van der Waals surface area (Å²) in [6, 6.07) is 9.57. The van der Waals surface area contributed by atoms with Crippen molar-refractivity contribution >= 4 is 23.2 Å². The van der Waals surface area contributed by atoms with Crippen molar-refractivity contribution in [2.24, 2.45) is 0 Å². The predicted molar refractivity (Wildman–Crippen MR) is 127 cm³/mol. The highest BCUT2D eigenvalue weighted by molar-refractivity contribution is 6.32. The van der Waals surface area contributed by atoms with Crippen LogP contribution in [0.2, 0.25) is 10.0 Å². The van der Waals surface area contributed by atoms with E-state index in [1.165, 1.54) is 43.5 Å². The third kappa shape index (κ3) is 5.72. The van der Waals surface area contributed by atoms with Crippen LogP contribution in [0.1, 0.15) is 24.7 Å². The Balaban J connectivity index is 1.79. The Labute approximate surface area is 216 Å². The summed E-state index contributed by atoms with van der Waals surface area (Å²) in [5, 5.41) is 24.6. The molecule has 0 radical (unpaired) electrons. The third-order valence-electron chi connectivity index (χ3n) is 5.42. The van der Waals surface area contributed by atoms with Crippen molar-refractivity contribution in [3.05, 3.63) is 86.7 Å². The second-order valence-electron chi connectivity index (χ2n) is 8.17. The summed E-state index contributed by atoms with van der Waals surface area (Å²) in [5.41, 5.74) is -0.305. The van der Waals surface area contributed by atoms with Crippen LogP contribution in [0, 0.1) is 5.82 Å². The molecule has 196 valence electrons. The first-order valence-corrected chi connectivity index (χ1v) is 11.5. The van der Waals surface area contributed by atoms with E-state index in [1.807, 2.05) is 0 Å². The number of benzene rings is 2. The van der Waals surface area contributed by atoms with Gasteiger partial charge in [-0.05, 0) is 36.8 Å². The van der Waals surface area contributed by atoms with Gasteiger partial charge in [-0.25, -0.2) is 18.9 Å². The van der Waals surface area contributed by atoms with Gasteiger partial charge in [0.25, 0.3) is 0 Å². The van der Waals surface area contributed by atoms with E-state index in [0.717, 1.165) is 25.9 Å². The average Bonchev–Trinajstić information content (AvgIpc) is 3.38. The minimum absolute atomic E-state index is 0.000370. The number of hydrogen-bond acceptors (Lipinski definition) is 5. The molecular formula is C23H19Cl2F4N5O3. The lowest BCUT2D eigenvalue weighted by molar-refractivity contribution is -0.207. The Morgan fingerprint density at radius 2 is 1.76 bits per heavy atom. The zero-order chi connectivity index (χ0) is 27.1.